The van der Waals surface area contributed by atoms with Crippen LogP contribution in [0, 0.1) is 0 Å². The molecule has 1 aromatic heterocycles. The van der Waals surface area contributed by atoms with Crippen molar-refractivity contribution >= 4 is 17.7 Å². The second-order valence-electron chi connectivity index (χ2n) is 2.09. The van der Waals surface area contributed by atoms with Crippen molar-refractivity contribution in [2.24, 2.45) is 4.99 Å². The van der Waals surface area contributed by atoms with Gasteiger partial charge in [0.05, 0.1) is 12.8 Å². The topological polar surface area (TPSA) is 68.6 Å². The highest BCUT2D eigenvalue weighted by Crippen LogP contribution is 2.11. The number of ether oxygens (including phenoxy) is 1. The fourth-order valence-electron chi connectivity index (χ4n) is 0.758. The molecule has 5 heteroatoms. The monoisotopic (exact) mass is 178 g/mol. The lowest BCUT2D eigenvalue weighted by molar-refractivity contribution is 0.0594. The van der Waals surface area contributed by atoms with Gasteiger partial charge in [-0.1, -0.05) is 0 Å². The number of hydrogen-bond donors (Lipinski definition) is 0. The van der Waals surface area contributed by atoms with E-state index in [9.17, 15) is 9.59 Å². The van der Waals surface area contributed by atoms with Crippen molar-refractivity contribution in [1.82, 2.24) is 4.98 Å². The lowest BCUT2D eigenvalue weighted by Crippen LogP contribution is -2.02. The van der Waals surface area contributed by atoms with E-state index in [2.05, 4.69) is 14.7 Å². The van der Waals surface area contributed by atoms with Crippen LogP contribution in [0.4, 0.5) is 5.69 Å². The van der Waals surface area contributed by atoms with Crippen LogP contribution in [0.15, 0.2) is 23.3 Å². The number of methoxy groups -OCH3 is 1. The van der Waals surface area contributed by atoms with Gasteiger partial charge in [0, 0.05) is 6.20 Å². The highest BCUT2D eigenvalue weighted by atomic mass is 16.5. The lowest BCUT2D eigenvalue weighted by Gasteiger charge is -1.97. The van der Waals surface area contributed by atoms with E-state index in [0.29, 0.717) is 5.69 Å². The molecule has 0 N–H and O–H groups in total. The van der Waals surface area contributed by atoms with Crippen molar-refractivity contribution in [3.63, 3.8) is 0 Å². The second kappa shape index (κ2) is 4.13. The molecule has 0 atom stereocenters. The Balaban J connectivity index is 3.04. The number of pyridine rings is 1. The third-order valence-electron chi connectivity index (χ3n) is 1.31. The number of hydrogen-bond acceptors (Lipinski definition) is 5. The zero-order chi connectivity index (χ0) is 9.68. The van der Waals surface area contributed by atoms with Gasteiger partial charge in [-0.3, -0.25) is 0 Å². The molecule has 5 nitrogen and oxygen atoms in total. The van der Waals surface area contributed by atoms with Gasteiger partial charge in [-0.25, -0.2) is 14.6 Å². The molecule has 0 unspecified atom stereocenters. The van der Waals surface area contributed by atoms with Crippen molar-refractivity contribution < 1.29 is 14.3 Å². The molecule has 0 aliphatic rings. The third-order valence-corrected chi connectivity index (χ3v) is 1.31. The molecular weight excluding hydrogens is 172 g/mol. The van der Waals surface area contributed by atoms with E-state index in [1.807, 2.05) is 0 Å². The standard InChI is InChI=1S/C8H6N2O3/c1-13-8(12)7-4-6(10-5-11)2-3-9-7/h2-4H,1H3. The van der Waals surface area contributed by atoms with Gasteiger partial charge in [0.1, 0.15) is 0 Å². The van der Waals surface area contributed by atoms with Crippen molar-refractivity contribution in [1.29, 1.82) is 0 Å². The van der Waals surface area contributed by atoms with Crippen LogP contribution in [-0.2, 0) is 9.53 Å². The Morgan fingerprint density at radius 2 is 2.46 bits per heavy atom. The first-order valence-electron chi connectivity index (χ1n) is 3.40. The fourth-order valence-corrected chi connectivity index (χ4v) is 0.758. The van der Waals surface area contributed by atoms with E-state index in [-0.39, 0.29) is 5.69 Å². The maximum Gasteiger partial charge on any atom is 0.356 e. The van der Waals surface area contributed by atoms with Gasteiger partial charge in [0.25, 0.3) is 0 Å². The molecule has 0 aromatic carbocycles. The van der Waals surface area contributed by atoms with Gasteiger partial charge in [-0.15, -0.1) is 0 Å². The van der Waals surface area contributed by atoms with Gasteiger partial charge in [0.2, 0.25) is 6.08 Å². The van der Waals surface area contributed by atoms with Crippen molar-refractivity contribution in [3.05, 3.63) is 24.0 Å². The molecule has 1 rings (SSSR count). The Bertz CT molecular complexity index is 369. The highest BCUT2D eigenvalue weighted by molar-refractivity contribution is 5.88. The molecule has 0 radical (unpaired) electrons. The normalized spacial score (nSPS) is 8.69. The molecule has 66 valence electrons. The van der Waals surface area contributed by atoms with Gasteiger partial charge in [0.15, 0.2) is 5.69 Å². The van der Waals surface area contributed by atoms with Gasteiger partial charge in [-0.2, -0.15) is 4.99 Å². The lowest BCUT2D eigenvalue weighted by atomic mass is 10.3. The van der Waals surface area contributed by atoms with Crippen LogP contribution < -0.4 is 0 Å². The number of aliphatic imine (C=N–C) groups is 1. The first kappa shape index (κ1) is 9.09. The molecule has 13 heavy (non-hydrogen) atoms. The zero-order valence-electron chi connectivity index (χ0n) is 6.85. The Morgan fingerprint density at radius 1 is 1.69 bits per heavy atom. The third kappa shape index (κ3) is 2.21. The Labute approximate surface area is 74.1 Å². The van der Waals surface area contributed by atoms with Crippen LogP contribution in [-0.4, -0.2) is 24.1 Å². The van der Waals surface area contributed by atoms with Crippen molar-refractivity contribution in [3.8, 4) is 0 Å². The molecule has 0 fully saturated rings. The smallest absolute Gasteiger partial charge is 0.356 e. The number of esters is 1. The minimum Gasteiger partial charge on any atom is -0.464 e. The van der Waals surface area contributed by atoms with E-state index in [1.165, 1.54) is 31.5 Å². The summed E-state index contributed by atoms with van der Waals surface area (Å²) in [5, 5.41) is 0. The number of carbonyl (C=O) groups excluding carboxylic acids is 2. The molecule has 0 aliphatic heterocycles. The largest absolute Gasteiger partial charge is 0.464 e. The molecule has 1 aromatic rings. The van der Waals surface area contributed by atoms with Crippen LogP contribution in [0.25, 0.3) is 0 Å². The number of isocyanates is 1. The van der Waals surface area contributed by atoms with Gasteiger partial charge >= 0.3 is 5.97 Å². The van der Waals surface area contributed by atoms with Gasteiger partial charge in [-0.05, 0) is 12.1 Å². The molecule has 0 bridgehead atoms. The summed E-state index contributed by atoms with van der Waals surface area (Å²) in [6.07, 6.45) is 2.73. The summed E-state index contributed by atoms with van der Waals surface area (Å²) in [4.78, 5) is 27.9. The Morgan fingerprint density at radius 3 is 3.08 bits per heavy atom. The summed E-state index contributed by atoms with van der Waals surface area (Å²) in [5.41, 5.74) is 0.435. The fraction of sp³-hybridized carbons (Fsp3) is 0.125. The average molecular weight is 178 g/mol. The predicted molar refractivity (Wildman–Crippen MR) is 43.4 cm³/mol. The summed E-state index contributed by atoms with van der Waals surface area (Å²) < 4.78 is 4.43. The van der Waals surface area contributed by atoms with E-state index in [0.717, 1.165) is 0 Å². The van der Waals surface area contributed by atoms with Crippen LogP contribution in [0.2, 0.25) is 0 Å². The van der Waals surface area contributed by atoms with Crippen molar-refractivity contribution in [2.45, 2.75) is 0 Å². The summed E-state index contributed by atoms with van der Waals surface area (Å²) in [5.74, 6) is -0.567. The average Bonchev–Trinajstić information content (AvgIpc) is 2.18. The first-order chi connectivity index (χ1) is 6.27. The molecule has 1 heterocycles. The molecular formula is C8H6N2O3. The number of carbonyl (C=O) groups is 1. The quantitative estimate of drug-likeness (QED) is 0.382. The summed E-state index contributed by atoms with van der Waals surface area (Å²) in [6, 6.07) is 2.83. The first-order valence-corrected chi connectivity index (χ1v) is 3.40. The minimum atomic E-state index is -0.567. The minimum absolute atomic E-state index is 0.110. The summed E-state index contributed by atoms with van der Waals surface area (Å²) in [6.45, 7) is 0. The SMILES string of the molecule is COC(=O)c1cc(N=C=O)ccn1. The Kier molecular flexibility index (Phi) is 2.89. The van der Waals surface area contributed by atoms with E-state index >= 15 is 0 Å². The number of rotatable bonds is 2. The number of nitrogens with zero attached hydrogens (tertiary/aromatic N) is 2. The van der Waals surface area contributed by atoms with Gasteiger partial charge < -0.3 is 4.74 Å². The molecule has 0 saturated carbocycles. The van der Waals surface area contributed by atoms with Crippen LogP contribution in [0.3, 0.4) is 0 Å². The summed E-state index contributed by atoms with van der Waals surface area (Å²) >= 11 is 0. The van der Waals surface area contributed by atoms with E-state index < -0.39 is 5.97 Å². The number of aromatic nitrogens is 1. The van der Waals surface area contributed by atoms with E-state index in [1.54, 1.807) is 0 Å². The molecule has 0 aliphatic carbocycles. The van der Waals surface area contributed by atoms with Crippen molar-refractivity contribution in [2.75, 3.05) is 7.11 Å². The van der Waals surface area contributed by atoms with Crippen LogP contribution in [0.1, 0.15) is 10.5 Å². The summed E-state index contributed by atoms with van der Waals surface area (Å²) in [7, 11) is 1.25. The molecule has 0 amide bonds. The maximum atomic E-state index is 10.9. The van der Waals surface area contributed by atoms with Crippen LogP contribution in [0.5, 0.6) is 0 Å². The molecule has 0 saturated heterocycles. The van der Waals surface area contributed by atoms with Crippen LogP contribution >= 0.6 is 0 Å². The molecule has 0 spiro atoms. The highest BCUT2D eigenvalue weighted by Gasteiger charge is 2.06. The maximum absolute atomic E-state index is 10.9. The van der Waals surface area contributed by atoms with E-state index in [4.69, 9.17) is 0 Å². The Hall–Kier alpha value is -2.00. The second-order valence-corrected chi connectivity index (χ2v) is 2.09. The zero-order valence-corrected chi connectivity index (χ0v) is 6.85. The predicted octanol–water partition coefficient (Wildman–Crippen LogP) is 0.835.